The molecule has 24 heavy (non-hydrogen) atoms. The lowest BCUT2D eigenvalue weighted by atomic mass is 9.90. The minimum Gasteiger partial charge on any atom is -0.338 e. The molecule has 0 aromatic carbocycles. The summed E-state index contributed by atoms with van der Waals surface area (Å²) in [6.07, 6.45) is 2.51. The van der Waals surface area contributed by atoms with E-state index in [2.05, 4.69) is 37.8 Å². The molecule has 3 heterocycles. The number of likely N-dealkylation sites (tertiary alicyclic amines) is 1. The quantitative estimate of drug-likeness (QED) is 0.898. The third kappa shape index (κ3) is 3.26. The summed E-state index contributed by atoms with van der Waals surface area (Å²) >= 11 is 0. The maximum Gasteiger partial charge on any atom is 0.257 e. The van der Waals surface area contributed by atoms with E-state index in [0.717, 1.165) is 24.0 Å². The maximum absolute atomic E-state index is 12.8. The fourth-order valence-corrected chi connectivity index (χ4v) is 3.04. The molecule has 0 spiro atoms. The predicted molar refractivity (Wildman–Crippen MR) is 95.4 cm³/mol. The molecule has 1 amide bonds. The summed E-state index contributed by atoms with van der Waals surface area (Å²) in [5.74, 6) is -0.00219. The predicted octanol–water partition coefficient (Wildman–Crippen LogP) is 2.75. The molecule has 2 aromatic rings. The van der Waals surface area contributed by atoms with E-state index in [4.69, 9.17) is 10.3 Å². The molecule has 0 bridgehead atoms. The first kappa shape index (κ1) is 18.7. The molecular weight excluding hydrogens is 328 g/mol. The SMILES string of the molecule is CC1(CN)CCN(C(=O)c2cnc3onc(C(C)(C)C)c3c2)C1.Cl. The van der Waals surface area contributed by atoms with Crippen molar-refractivity contribution in [3.05, 3.63) is 23.5 Å². The first-order valence-corrected chi connectivity index (χ1v) is 7.99. The summed E-state index contributed by atoms with van der Waals surface area (Å²) in [7, 11) is 0. The van der Waals surface area contributed by atoms with Crippen molar-refractivity contribution in [3.63, 3.8) is 0 Å². The molecule has 1 fully saturated rings. The Labute approximate surface area is 148 Å². The van der Waals surface area contributed by atoms with Gasteiger partial charge in [0.1, 0.15) is 0 Å². The first-order valence-electron chi connectivity index (χ1n) is 7.99. The van der Waals surface area contributed by atoms with Crippen molar-refractivity contribution in [2.45, 2.75) is 39.5 Å². The number of carbonyl (C=O) groups is 1. The maximum atomic E-state index is 12.8. The van der Waals surface area contributed by atoms with E-state index in [1.165, 1.54) is 0 Å². The zero-order valence-electron chi connectivity index (χ0n) is 14.6. The van der Waals surface area contributed by atoms with Crippen molar-refractivity contribution >= 4 is 29.4 Å². The lowest BCUT2D eigenvalue weighted by Crippen LogP contribution is -2.34. The van der Waals surface area contributed by atoms with E-state index in [0.29, 0.717) is 24.4 Å². The lowest BCUT2D eigenvalue weighted by molar-refractivity contribution is 0.0776. The third-order valence-corrected chi connectivity index (χ3v) is 4.62. The molecule has 1 saturated heterocycles. The number of rotatable bonds is 2. The molecule has 132 valence electrons. The summed E-state index contributed by atoms with van der Waals surface area (Å²) in [6.45, 7) is 10.3. The van der Waals surface area contributed by atoms with Crippen molar-refractivity contribution in [2.75, 3.05) is 19.6 Å². The Hall–Kier alpha value is -1.66. The fourth-order valence-electron chi connectivity index (χ4n) is 3.04. The van der Waals surface area contributed by atoms with Crippen LogP contribution < -0.4 is 5.73 Å². The van der Waals surface area contributed by atoms with Crippen LogP contribution in [0.2, 0.25) is 0 Å². The molecule has 0 saturated carbocycles. The number of halogens is 1. The molecule has 1 aliphatic heterocycles. The largest absolute Gasteiger partial charge is 0.338 e. The first-order chi connectivity index (χ1) is 10.7. The van der Waals surface area contributed by atoms with Gasteiger partial charge < -0.3 is 15.2 Å². The Morgan fingerprint density at radius 3 is 2.75 bits per heavy atom. The van der Waals surface area contributed by atoms with Gasteiger partial charge >= 0.3 is 0 Å². The van der Waals surface area contributed by atoms with Crippen molar-refractivity contribution in [2.24, 2.45) is 11.1 Å². The number of fused-ring (bicyclic) bond motifs is 1. The third-order valence-electron chi connectivity index (χ3n) is 4.62. The summed E-state index contributed by atoms with van der Waals surface area (Å²) in [5.41, 5.74) is 7.55. The molecule has 7 heteroatoms. The molecular formula is C17H25ClN4O2. The summed E-state index contributed by atoms with van der Waals surface area (Å²) in [6, 6.07) is 1.85. The van der Waals surface area contributed by atoms with Gasteiger partial charge in [0, 0.05) is 24.7 Å². The average molecular weight is 353 g/mol. The Morgan fingerprint density at radius 1 is 1.46 bits per heavy atom. The van der Waals surface area contributed by atoms with Crippen LogP contribution in [0, 0.1) is 5.41 Å². The smallest absolute Gasteiger partial charge is 0.257 e. The van der Waals surface area contributed by atoms with Crippen LogP contribution in [0.25, 0.3) is 11.1 Å². The van der Waals surface area contributed by atoms with Gasteiger partial charge in [-0.3, -0.25) is 4.79 Å². The number of hydrogen-bond donors (Lipinski definition) is 1. The molecule has 0 radical (unpaired) electrons. The normalized spacial score (nSPS) is 21.1. The Balaban J connectivity index is 0.00000208. The number of nitrogens with two attached hydrogens (primary N) is 1. The molecule has 2 aromatic heterocycles. The van der Waals surface area contributed by atoms with Crippen LogP contribution in [0.15, 0.2) is 16.8 Å². The second-order valence-corrected chi connectivity index (χ2v) is 7.85. The highest BCUT2D eigenvalue weighted by atomic mass is 35.5. The number of nitrogens with zero attached hydrogens (tertiary/aromatic N) is 3. The van der Waals surface area contributed by atoms with Gasteiger partial charge in [-0.15, -0.1) is 12.4 Å². The second-order valence-electron chi connectivity index (χ2n) is 7.85. The number of amides is 1. The van der Waals surface area contributed by atoms with Crippen LogP contribution >= 0.6 is 12.4 Å². The standard InChI is InChI=1S/C17H24N4O2.ClH/c1-16(2,3)13-12-7-11(8-19-14(12)23-20-13)15(22)21-6-5-17(4,9-18)10-21;/h7-8H,5-6,9-10,18H2,1-4H3;1H. The van der Waals surface area contributed by atoms with Crippen LogP contribution in [0.5, 0.6) is 0 Å². The van der Waals surface area contributed by atoms with Crippen LogP contribution in [0.4, 0.5) is 0 Å². The zero-order valence-corrected chi connectivity index (χ0v) is 15.4. The Morgan fingerprint density at radius 2 is 2.17 bits per heavy atom. The van der Waals surface area contributed by atoms with E-state index in [1.807, 2.05) is 11.0 Å². The van der Waals surface area contributed by atoms with Gasteiger partial charge in [0.2, 0.25) is 0 Å². The fraction of sp³-hybridized carbons (Fsp3) is 0.588. The molecule has 1 unspecified atom stereocenters. The minimum atomic E-state index is -0.166. The summed E-state index contributed by atoms with van der Waals surface area (Å²) < 4.78 is 5.28. The average Bonchev–Trinajstić information content (AvgIpc) is 3.09. The number of carbonyl (C=O) groups excluding carboxylic acids is 1. The van der Waals surface area contributed by atoms with Crippen LogP contribution in [-0.2, 0) is 5.41 Å². The molecule has 1 atom stereocenters. The molecule has 1 aliphatic rings. The lowest BCUT2D eigenvalue weighted by Gasteiger charge is -2.22. The van der Waals surface area contributed by atoms with E-state index in [1.54, 1.807) is 6.20 Å². The summed E-state index contributed by atoms with van der Waals surface area (Å²) in [4.78, 5) is 18.9. The zero-order chi connectivity index (χ0) is 16.8. The highest BCUT2D eigenvalue weighted by molar-refractivity contribution is 5.97. The number of aromatic nitrogens is 2. The van der Waals surface area contributed by atoms with Gasteiger partial charge in [0.05, 0.1) is 16.6 Å². The van der Waals surface area contributed by atoms with Crippen LogP contribution in [0.1, 0.15) is 50.2 Å². The second kappa shape index (κ2) is 6.33. The highest BCUT2D eigenvalue weighted by Crippen LogP contribution is 2.31. The Bertz CT molecular complexity index is 753. The van der Waals surface area contributed by atoms with Crippen LogP contribution in [0.3, 0.4) is 0 Å². The van der Waals surface area contributed by atoms with E-state index in [-0.39, 0.29) is 29.1 Å². The molecule has 0 aliphatic carbocycles. The topological polar surface area (TPSA) is 85.2 Å². The summed E-state index contributed by atoms with van der Waals surface area (Å²) in [5, 5.41) is 4.93. The van der Waals surface area contributed by atoms with E-state index in [9.17, 15) is 4.79 Å². The highest BCUT2D eigenvalue weighted by Gasteiger charge is 2.35. The Kier molecular flexibility index (Phi) is 4.93. The minimum absolute atomic E-state index is 0. The van der Waals surface area contributed by atoms with E-state index < -0.39 is 0 Å². The van der Waals surface area contributed by atoms with Gasteiger partial charge in [-0.05, 0) is 24.4 Å². The van der Waals surface area contributed by atoms with Gasteiger partial charge in [-0.25, -0.2) is 4.98 Å². The van der Waals surface area contributed by atoms with Crippen molar-refractivity contribution in [1.82, 2.24) is 15.0 Å². The molecule has 3 rings (SSSR count). The molecule has 2 N–H and O–H groups in total. The van der Waals surface area contributed by atoms with Gasteiger partial charge in [-0.2, -0.15) is 0 Å². The van der Waals surface area contributed by atoms with E-state index >= 15 is 0 Å². The number of pyridine rings is 1. The monoisotopic (exact) mass is 352 g/mol. The van der Waals surface area contributed by atoms with Gasteiger partial charge in [0.25, 0.3) is 11.6 Å². The van der Waals surface area contributed by atoms with Gasteiger partial charge in [-0.1, -0.05) is 32.9 Å². The number of hydrogen-bond acceptors (Lipinski definition) is 5. The van der Waals surface area contributed by atoms with Gasteiger partial charge in [0.15, 0.2) is 0 Å². The van der Waals surface area contributed by atoms with Crippen molar-refractivity contribution < 1.29 is 9.32 Å². The van der Waals surface area contributed by atoms with Crippen molar-refractivity contribution in [3.8, 4) is 0 Å². The van der Waals surface area contributed by atoms with Crippen LogP contribution in [-0.4, -0.2) is 40.6 Å². The molecule has 6 nitrogen and oxygen atoms in total. The van der Waals surface area contributed by atoms with Crippen molar-refractivity contribution in [1.29, 1.82) is 0 Å².